The summed E-state index contributed by atoms with van der Waals surface area (Å²) in [5, 5.41) is 18.1. The van der Waals surface area contributed by atoms with Gasteiger partial charge in [-0.05, 0) is 18.6 Å². The Morgan fingerprint density at radius 2 is 2.15 bits per heavy atom. The molecule has 0 saturated heterocycles. The van der Waals surface area contributed by atoms with Gasteiger partial charge in [-0.2, -0.15) is 5.10 Å². The summed E-state index contributed by atoms with van der Waals surface area (Å²) < 4.78 is 1.81. The molecule has 0 radical (unpaired) electrons. The molecule has 1 aromatic heterocycles. The first-order valence-electron chi connectivity index (χ1n) is 6.07. The van der Waals surface area contributed by atoms with Crippen LogP contribution in [0.4, 0.5) is 17.1 Å². The smallest absolute Gasteiger partial charge is 0.273 e. The zero-order chi connectivity index (χ0) is 14.5. The van der Waals surface area contributed by atoms with E-state index in [1.54, 1.807) is 12.3 Å². The van der Waals surface area contributed by atoms with Crippen molar-refractivity contribution < 1.29 is 4.92 Å². The van der Waals surface area contributed by atoms with Gasteiger partial charge in [-0.25, -0.2) is 0 Å². The first-order chi connectivity index (χ1) is 9.58. The fourth-order valence-corrected chi connectivity index (χ4v) is 1.81. The Kier molecular flexibility index (Phi) is 4.16. The summed E-state index contributed by atoms with van der Waals surface area (Å²) in [5.41, 5.74) is 4.61. The second kappa shape index (κ2) is 6.02. The number of aryl methyl sites for hydroxylation is 1. The highest BCUT2D eigenvalue weighted by atomic mass is 16.6. The minimum atomic E-state index is -0.455. The van der Waals surface area contributed by atoms with Gasteiger partial charge in [0.1, 0.15) is 0 Å². The average molecular weight is 276 g/mol. The molecule has 4 N–H and O–H groups in total. The number of nitrogens with one attached hydrogen (secondary N) is 2. The van der Waals surface area contributed by atoms with E-state index in [0.717, 1.165) is 5.56 Å². The van der Waals surface area contributed by atoms with E-state index in [2.05, 4.69) is 15.8 Å². The third-order valence-electron chi connectivity index (χ3n) is 2.73. The van der Waals surface area contributed by atoms with E-state index in [4.69, 9.17) is 5.84 Å². The number of non-ortho nitro benzene ring substituents is 1. The van der Waals surface area contributed by atoms with Crippen LogP contribution in [0.25, 0.3) is 0 Å². The lowest BCUT2D eigenvalue weighted by Gasteiger charge is -2.08. The normalized spacial score (nSPS) is 10.3. The maximum atomic E-state index is 10.8. The van der Waals surface area contributed by atoms with Crippen LogP contribution >= 0.6 is 0 Å². The molecular weight excluding hydrogens is 260 g/mol. The molecule has 1 aromatic carbocycles. The van der Waals surface area contributed by atoms with Crippen molar-refractivity contribution >= 4 is 17.1 Å². The Labute approximate surface area is 115 Å². The summed E-state index contributed by atoms with van der Waals surface area (Å²) in [6.45, 7) is 3.24. The van der Waals surface area contributed by atoms with Crippen molar-refractivity contribution in [1.29, 1.82) is 0 Å². The summed E-state index contributed by atoms with van der Waals surface area (Å²) >= 11 is 0. The number of anilines is 2. The third kappa shape index (κ3) is 3.45. The molecule has 0 aliphatic rings. The first-order valence-corrected chi connectivity index (χ1v) is 6.07. The van der Waals surface area contributed by atoms with E-state index in [-0.39, 0.29) is 5.69 Å². The SMILES string of the molecule is Cc1cnn(CCNc2cc(NN)cc([N+](=O)[O-])c2)c1. The fourth-order valence-electron chi connectivity index (χ4n) is 1.81. The van der Waals surface area contributed by atoms with Crippen LogP contribution in [0.1, 0.15) is 5.56 Å². The molecule has 0 fully saturated rings. The topological polar surface area (TPSA) is 111 Å². The molecule has 0 amide bonds. The van der Waals surface area contributed by atoms with Crippen LogP contribution in [0.5, 0.6) is 0 Å². The molecule has 0 bridgehead atoms. The van der Waals surface area contributed by atoms with E-state index in [1.165, 1.54) is 12.1 Å². The third-order valence-corrected chi connectivity index (χ3v) is 2.73. The number of hydrogen-bond acceptors (Lipinski definition) is 6. The van der Waals surface area contributed by atoms with Crippen molar-refractivity contribution in [2.75, 3.05) is 17.3 Å². The van der Waals surface area contributed by atoms with Crippen molar-refractivity contribution in [2.45, 2.75) is 13.5 Å². The minimum absolute atomic E-state index is 0.0158. The van der Waals surface area contributed by atoms with Crippen LogP contribution in [0.3, 0.4) is 0 Å². The highest BCUT2D eigenvalue weighted by molar-refractivity contribution is 5.63. The van der Waals surface area contributed by atoms with Gasteiger partial charge in [0.2, 0.25) is 0 Å². The molecule has 0 saturated carbocycles. The van der Waals surface area contributed by atoms with E-state index in [0.29, 0.717) is 24.5 Å². The Hall–Kier alpha value is -2.61. The number of nitro benzene ring substituents is 1. The average Bonchev–Trinajstić information content (AvgIpc) is 2.84. The number of rotatable bonds is 6. The molecule has 20 heavy (non-hydrogen) atoms. The van der Waals surface area contributed by atoms with Gasteiger partial charge >= 0.3 is 0 Å². The first kappa shape index (κ1) is 13.8. The van der Waals surface area contributed by atoms with Crippen molar-refractivity contribution in [3.05, 3.63) is 46.3 Å². The van der Waals surface area contributed by atoms with E-state index < -0.39 is 4.92 Å². The van der Waals surface area contributed by atoms with Gasteiger partial charge < -0.3 is 10.7 Å². The summed E-state index contributed by atoms with van der Waals surface area (Å²) in [6.07, 6.45) is 3.71. The summed E-state index contributed by atoms with van der Waals surface area (Å²) in [7, 11) is 0. The van der Waals surface area contributed by atoms with Gasteiger partial charge in [0, 0.05) is 30.6 Å². The number of hydrogen-bond donors (Lipinski definition) is 3. The molecule has 0 spiro atoms. The van der Waals surface area contributed by atoms with Crippen LogP contribution < -0.4 is 16.6 Å². The largest absolute Gasteiger partial charge is 0.383 e. The van der Waals surface area contributed by atoms with E-state index >= 15 is 0 Å². The highest BCUT2D eigenvalue weighted by Gasteiger charge is 2.09. The van der Waals surface area contributed by atoms with Crippen molar-refractivity contribution in [3.63, 3.8) is 0 Å². The van der Waals surface area contributed by atoms with Gasteiger partial charge in [0.15, 0.2) is 0 Å². The van der Waals surface area contributed by atoms with Crippen LogP contribution in [0.15, 0.2) is 30.6 Å². The summed E-state index contributed by atoms with van der Waals surface area (Å²) in [6, 6.07) is 4.55. The van der Waals surface area contributed by atoms with Gasteiger partial charge in [0.05, 0.1) is 23.4 Å². The molecule has 0 atom stereocenters. The van der Waals surface area contributed by atoms with Gasteiger partial charge in [-0.1, -0.05) is 0 Å². The van der Waals surface area contributed by atoms with E-state index in [1.807, 2.05) is 17.8 Å². The summed E-state index contributed by atoms with van der Waals surface area (Å²) in [5.74, 6) is 5.30. The van der Waals surface area contributed by atoms with Gasteiger partial charge in [0.25, 0.3) is 5.69 Å². The molecule has 0 aliphatic heterocycles. The molecular formula is C12H16N6O2. The summed E-state index contributed by atoms with van der Waals surface area (Å²) in [4.78, 5) is 10.4. The maximum absolute atomic E-state index is 10.8. The maximum Gasteiger partial charge on any atom is 0.273 e. The number of aromatic nitrogens is 2. The predicted octanol–water partition coefficient (Wildman–Crippen LogP) is 1.50. The lowest BCUT2D eigenvalue weighted by Crippen LogP contribution is -2.12. The van der Waals surface area contributed by atoms with Crippen LogP contribution in [-0.4, -0.2) is 21.2 Å². The van der Waals surface area contributed by atoms with E-state index in [9.17, 15) is 10.1 Å². The molecule has 1 heterocycles. The lowest BCUT2D eigenvalue weighted by molar-refractivity contribution is -0.384. The predicted molar refractivity (Wildman–Crippen MR) is 76.4 cm³/mol. The molecule has 8 nitrogen and oxygen atoms in total. The van der Waals surface area contributed by atoms with Crippen LogP contribution in [-0.2, 0) is 6.54 Å². The number of hydrazine groups is 1. The van der Waals surface area contributed by atoms with Crippen molar-refractivity contribution in [3.8, 4) is 0 Å². The zero-order valence-corrected chi connectivity index (χ0v) is 11.0. The Morgan fingerprint density at radius 1 is 1.40 bits per heavy atom. The minimum Gasteiger partial charge on any atom is -0.383 e. The number of nitrogens with two attached hydrogens (primary N) is 1. The fraction of sp³-hybridized carbons (Fsp3) is 0.250. The van der Waals surface area contributed by atoms with Crippen molar-refractivity contribution in [1.82, 2.24) is 9.78 Å². The second-order valence-corrected chi connectivity index (χ2v) is 4.38. The van der Waals surface area contributed by atoms with Crippen LogP contribution in [0, 0.1) is 17.0 Å². The number of nitrogen functional groups attached to an aromatic ring is 1. The standard InChI is InChI=1S/C12H16N6O2/c1-9-7-15-17(8-9)3-2-14-10-4-11(16-13)6-12(5-10)18(19)20/h4-8,14,16H,2-3,13H2,1H3. The molecule has 2 rings (SSSR count). The van der Waals surface area contributed by atoms with Crippen LogP contribution in [0.2, 0.25) is 0 Å². The molecule has 106 valence electrons. The quantitative estimate of drug-likeness (QED) is 0.419. The molecule has 0 unspecified atom stereocenters. The van der Waals surface area contributed by atoms with Gasteiger partial charge in [-0.15, -0.1) is 0 Å². The second-order valence-electron chi connectivity index (χ2n) is 4.38. The molecule has 0 aliphatic carbocycles. The Balaban J connectivity index is 2.01. The monoisotopic (exact) mass is 276 g/mol. The van der Waals surface area contributed by atoms with Gasteiger partial charge in [-0.3, -0.25) is 20.6 Å². The highest BCUT2D eigenvalue weighted by Crippen LogP contribution is 2.23. The number of nitro groups is 1. The number of nitrogens with zero attached hydrogens (tertiary/aromatic N) is 3. The Bertz CT molecular complexity index is 610. The van der Waals surface area contributed by atoms with Crippen molar-refractivity contribution in [2.24, 2.45) is 5.84 Å². The molecule has 8 heteroatoms. The number of benzene rings is 1. The Morgan fingerprint density at radius 3 is 2.75 bits per heavy atom. The molecule has 2 aromatic rings. The zero-order valence-electron chi connectivity index (χ0n) is 11.0. The lowest BCUT2D eigenvalue weighted by atomic mass is 10.2.